The van der Waals surface area contributed by atoms with Crippen LogP contribution in [-0.2, 0) is 0 Å². The highest BCUT2D eigenvalue weighted by atomic mass is 79.9. The second-order valence-corrected chi connectivity index (χ2v) is 6.18. The minimum Gasteiger partial charge on any atom is -0.316 e. The molecule has 108 valence electrons. The first-order chi connectivity index (χ1) is 9.88. The van der Waals surface area contributed by atoms with Crippen molar-refractivity contribution in [2.24, 2.45) is 0 Å². The summed E-state index contributed by atoms with van der Waals surface area (Å²) in [5.74, 6) is -0.477. The van der Waals surface area contributed by atoms with Crippen molar-refractivity contribution in [3.63, 3.8) is 0 Å². The van der Waals surface area contributed by atoms with E-state index < -0.39 is 10.8 Å². The van der Waals surface area contributed by atoms with Crippen molar-refractivity contribution < 1.29 is 9.72 Å². The molecule has 5 nitrogen and oxygen atoms in total. The zero-order valence-electron chi connectivity index (χ0n) is 10.3. The van der Waals surface area contributed by atoms with E-state index in [-0.39, 0.29) is 11.4 Å². The summed E-state index contributed by atoms with van der Waals surface area (Å²) in [4.78, 5) is 22.6. The van der Waals surface area contributed by atoms with Gasteiger partial charge in [0.15, 0.2) is 0 Å². The van der Waals surface area contributed by atoms with E-state index in [1.165, 1.54) is 18.2 Å². The normalized spacial score (nSPS) is 10.2. The monoisotopic (exact) mass is 432 g/mol. The molecule has 0 saturated carbocycles. The number of nitrogens with zero attached hydrogens (tertiary/aromatic N) is 1. The summed E-state index contributed by atoms with van der Waals surface area (Å²) in [5.41, 5.74) is 0.230. The van der Waals surface area contributed by atoms with E-state index in [4.69, 9.17) is 11.6 Å². The van der Waals surface area contributed by atoms with Crippen molar-refractivity contribution in [2.75, 3.05) is 5.32 Å². The fourth-order valence-corrected chi connectivity index (χ4v) is 2.37. The van der Waals surface area contributed by atoms with Crippen molar-refractivity contribution in [1.82, 2.24) is 0 Å². The lowest BCUT2D eigenvalue weighted by atomic mass is 10.2. The molecule has 0 aliphatic rings. The van der Waals surface area contributed by atoms with Gasteiger partial charge in [0.2, 0.25) is 0 Å². The lowest BCUT2D eigenvalue weighted by molar-refractivity contribution is -0.384. The number of nitro benzene ring substituents is 1. The molecule has 21 heavy (non-hydrogen) atoms. The zero-order valence-corrected chi connectivity index (χ0v) is 14.2. The number of carbonyl (C=O) groups is 1. The molecule has 0 atom stereocenters. The molecule has 0 fully saturated rings. The predicted molar refractivity (Wildman–Crippen MR) is 87.9 cm³/mol. The molecule has 8 heteroatoms. The maximum atomic E-state index is 12.1. The molecular weight excluding hydrogens is 427 g/mol. The highest BCUT2D eigenvalue weighted by molar-refractivity contribution is 9.10. The van der Waals surface area contributed by atoms with Gasteiger partial charge < -0.3 is 5.32 Å². The topological polar surface area (TPSA) is 72.2 Å². The molecule has 0 unspecified atom stereocenters. The maximum Gasteiger partial charge on any atom is 0.293 e. The Morgan fingerprint density at radius 1 is 1.19 bits per heavy atom. The van der Waals surface area contributed by atoms with Crippen LogP contribution in [-0.4, -0.2) is 10.8 Å². The standard InChI is InChI=1S/C13H7Br2ClN2O3/c14-8-2-4-11(12(6-8)18(20)21)17-13(19)7-1-3-9(15)10(16)5-7/h1-6H,(H,17,19). The highest BCUT2D eigenvalue weighted by Crippen LogP contribution is 2.29. The summed E-state index contributed by atoms with van der Waals surface area (Å²) >= 11 is 12.3. The number of rotatable bonds is 3. The van der Waals surface area contributed by atoms with Crippen molar-refractivity contribution in [2.45, 2.75) is 0 Å². The Bertz CT molecular complexity index is 737. The predicted octanol–water partition coefficient (Wildman–Crippen LogP) is 5.03. The van der Waals surface area contributed by atoms with E-state index >= 15 is 0 Å². The van der Waals surface area contributed by atoms with Gasteiger partial charge in [-0.15, -0.1) is 0 Å². The average Bonchev–Trinajstić information content (AvgIpc) is 2.43. The van der Waals surface area contributed by atoms with Crippen molar-refractivity contribution >= 4 is 60.7 Å². The highest BCUT2D eigenvalue weighted by Gasteiger charge is 2.17. The first-order valence-electron chi connectivity index (χ1n) is 5.59. The summed E-state index contributed by atoms with van der Waals surface area (Å²) in [6, 6.07) is 9.07. The van der Waals surface area contributed by atoms with Crippen LogP contribution < -0.4 is 5.32 Å². The lowest BCUT2D eigenvalue weighted by Crippen LogP contribution is -2.13. The molecule has 2 aromatic carbocycles. The SMILES string of the molecule is O=C(Nc1ccc(Br)cc1[N+](=O)[O-])c1ccc(Br)c(Cl)c1. The molecule has 0 aromatic heterocycles. The first kappa shape index (κ1) is 15.9. The van der Waals surface area contributed by atoms with Crippen LogP contribution in [0.15, 0.2) is 45.3 Å². The third-order valence-corrected chi connectivity index (χ3v) is 4.31. The lowest BCUT2D eigenvalue weighted by Gasteiger charge is -2.07. The molecule has 2 aromatic rings. The summed E-state index contributed by atoms with van der Waals surface area (Å²) in [6.45, 7) is 0. The van der Waals surface area contributed by atoms with Gasteiger partial charge in [-0.05, 0) is 46.3 Å². The summed E-state index contributed by atoms with van der Waals surface area (Å²) in [5, 5.41) is 13.9. The molecular formula is C13H7Br2ClN2O3. The van der Waals surface area contributed by atoms with Crippen LogP contribution in [0.25, 0.3) is 0 Å². The van der Waals surface area contributed by atoms with Crippen LogP contribution >= 0.6 is 43.5 Å². The van der Waals surface area contributed by atoms with E-state index in [1.807, 2.05) is 0 Å². The molecule has 1 amide bonds. The van der Waals surface area contributed by atoms with Gasteiger partial charge in [0, 0.05) is 20.6 Å². The average molecular weight is 434 g/mol. The Hall–Kier alpha value is -1.44. The second kappa shape index (κ2) is 6.55. The van der Waals surface area contributed by atoms with Gasteiger partial charge in [0.05, 0.1) is 9.95 Å². The van der Waals surface area contributed by atoms with Gasteiger partial charge in [0.25, 0.3) is 11.6 Å². The van der Waals surface area contributed by atoms with E-state index in [0.29, 0.717) is 19.5 Å². The molecule has 0 bridgehead atoms. The Morgan fingerprint density at radius 3 is 2.52 bits per heavy atom. The number of hydrogen-bond donors (Lipinski definition) is 1. The number of benzene rings is 2. The number of nitro groups is 1. The minimum atomic E-state index is -0.561. The van der Waals surface area contributed by atoms with Crippen molar-refractivity contribution in [1.29, 1.82) is 0 Å². The number of carbonyl (C=O) groups excluding carboxylic acids is 1. The van der Waals surface area contributed by atoms with E-state index in [0.717, 1.165) is 0 Å². The van der Waals surface area contributed by atoms with E-state index in [2.05, 4.69) is 37.2 Å². The second-order valence-electron chi connectivity index (χ2n) is 4.00. The molecule has 1 N–H and O–H groups in total. The third kappa shape index (κ3) is 3.81. The summed E-state index contributed by atoms with van der Waals surface area (Å²) < 4.78 is 1.22. The summed E-state index contributed by atoms with van der Waals surface area (Å²) in [7, 11) is 0. The molecule has 0 saturated heterocycles. The van der Waals surface area contributed by atoms with Crippen molar-refractivity contribution in [3.8, 4) is 0 Å². The van der Waals surface area contributed by atoms with Gasteiger partial charge >= 0.3 is 0 Å². The third-order valence-electron chi connectivity index (χ3n) is 2.59. The van der Waals surface area contributed by atoms with Crippen molar-refractivity contribution in [3.05, 3.63) is 66.0 Å². The molecule has 0 aliphatic carbocycles. The Kier molecular flexibility index (Phi) is 4.97. The molecule has 0 spiro atoms. The van der Waals surface area contributed by atoms with Gasteiger partial charge in [-0.2, -0.15) is 0 Å². The van der Waals surface area contributed by atoms with Crippen LogP contribution in [0.1, 0.15) is 10.4 Å². The largest absolute Gasteiger partial charge is 0.316 e. The Morgan fingerprint density at radius 2 is 1.90 bits per heavy atom. The Labute approximate surface area is 141 Å². The van der Waals surface area contributed by atoms with Gasteiger partial charge in [-0.3, -0.25) is 14.9 Å². The number of anilines is 1. The molecule has 2 rings (SSSR count). The quantitative estimate of drug-likeness (QED) is 0.544. The van der Waals surface area contributed by atoms with Gasteiger partial charge in [-0.25, -0.2) is 0 Å². The molecule has 0 heterocycles. The number of hydrogen-bond acceptors (Lipinski definition) is 3. The fraction of sp³-hybridized carbons (Fsp3) is 0. The van der Waals surface area contributed by atoms with Crippen LogP contribution in [0.4, 0.5) is 11.4 Å². The molecule has 0 radical (unpaired) electrons. The Balaban J connectivity index is 2.31. The van der Waals surface area contributed by atoms with Crippen LogP contribution in [0.2, 0.25) is 5.02 Å². The fourth-order valence-electron chi connectivity index (χ4n) is 1.59. The van der Waals surface area contributed by atoms with E-state index in [1.54, 1.807) is 18.2 Å². The smallest absolute Gasteiger partial charge is 0.293 e. The van der Waals surface area contributed by atoms with Gasteiger partial charge in [0.1, 0.15) is 5.69 Å². The summed E-state index contributed by atoms with van der Waals surface area (Å²) in [6.07, 6.45) is 0. The zero-order chi connectivity index (χ0) is 15.6. The van der Waals surface area contributed by atoms with Gasteiger partial charge in [-0.1, -0.05) is 27.5 Å². The number of halogens is 3. The first-order valence-corrected chi connectivity index (χ1v) is 7.55. The number of nitrogens with one attached hydrogen (secondary N) is 1. The number of amides is 1. The van der Waals surface area contributed by atoms with Crippen LogP contribution in [0.5, 0.6) is 0 Å². The maximum absolute atomic E-state index is 12.1. The van der Waals surface area contributed by atoms with E-state index in [9.17, 15) is 14.9 Å². The van der Waals surface area contributed by atoms with Crippen LogP contribution in [0.3, 0.4) is 0 Å². The minimum absolute atomic E-state index is 0.118. The van der Waals surface area contributed by atoms with Crippen LogP contribution in [0, 0.1) is 10.1 Å². The molecule has 0 aliphatic heterocycles.